The van der Waals surface area contributed by atoms with E-state index in [0.717, 1.165) is 26.1 Å². The molecule has 0 spiro atoms. The molecule has 1 aromatic carbocycles. The van der Waals surface area contributed by atoms with E-state index in [2.05, 4.69) is 0 Å². The highest BCUT2D eigenvalue weighted by molar-refractivity contribution is 7.17. The van der Waals surface area contributed by atoms with Crippen LogP contribution in [0.15, 0.2) is 11.4 Å². The Bertz CT molecular complexity index is 679. The fraction of sp³-hybridized carbons (Fsp3) is 0.308. The van der Waals surface area contributed by atoms with Gasteiger partial charge in [0.05, 0.1) is 23.0 Å². The third-order valence-corrected chi connectivity index (χ3v) is 4.57. The van der Waals surface area contributed by atoms with Crippen LogP contribution in [0.4, 0.5) is 10.5 Å². The Morgan fingerprint density at radius 1 is 1.53 bits per heavy atom. The second-order valence-corrected chi connectivity index (χ2v) is 5.65. The first-order chi connectivity index (χ1) is 8.99. The summed E-state index contributed by atoms with van der Waals surface area (Å²) in [6.45, 7) is 1.96. The van der Waals surface area contributed by atoms with Gasteiger partial charge in [-0.05, 0) is 23.4 Å². The molecule has 3 N–H and O–H groups in total. The molecule has 1 atom stereocenters. The predicted molar refractivity (Wildman–Crippen MR) is 73.3 cm³/mol. The Labute approximate surface area is 113 Å². The zero-order valence-corrected chi connectivity index (χ0v) is 11.1. The molecule has 6 heteroatoms. The first kappa shape index (κ1) is 12.3. The largest absolute Gasteiger partial charge is 0.506 e. The van der Waals surface area contributed by atoms with Crippen molar-refractivity contribution in [2.75, 3.05) is 11.4 Å². The Morgan fingerprint density at radius 2 is 2.26 bits per heavy atom. The molecule has 0 radical (unpaired) electrons. The third kappa shape index (κ3) is 1.75. The van der Waals surface area contributed by atoms with Crippen molar-refractivity contribution in [1.82, 2.24) is 0 Å². The summed E-state index contributed by atoms with van der Waals surface area (Å²) in [5.74, 6) is 0.0921. The summed E-state index contributed by atoms with van der Waals surface area (Å²) in [5.41, 5.74) is 2.27. The van der Waals surface area contributed by atoms with Gasteiger partial charge in [0.1, 0.15) is 5.75 Å². The van der Waals surface area contributed by atoms with Gasteiger partial charge in [-0.15, -0.1) is 11.3 Å². The van der Waals surface area contributed by atoms with E-state index in [0.29, 0.717) is 12.1 Å². The van der Waals surface area contributed by atoms with Crippen LogP contribution in [0.1, 0.15) is 11.1 Å². The number of β-amino-alcohol motifs (C(OH)–C–C–N with tert-alkyl or cyclic N) is 1. The SMILES string of the molecule is Cc1csc2c(O)cc3c(c12)C[C@H](O)CN3C(=O)O. The van der Waals surface area contributed by atoms with Crippen molar-refractivity contribution in [3.05, 3.63) is 22.6 Å². The van der Waals surface area contributed by atoms with Crippen molar-refractivity contribution in [1.29, 1.82) is 0 Å². The van der Waals surface area contributed by atoms with Gasteiger partial charge in [0.15, 0.2) is 0 Å². The molecule has 5 nitrogen and oxygen atoms in total. The van der Waals surface area contributed by atoms with Gasteiger partial charge in [0.2, 0.25) is 0 Å². The molecule has 0 bridgehead atoms. The second kappa shape index (κ2) is 4.11. The van der Waals surface area contributed by atoms with Crippen molar-refractivity contribution < 1.29 is 20.1 Å². The van der Waals surface area contributed by atoms with Gasteiger partial charge < -0.3 is 15.3 Å². The van der Waals surface area contributed by atoms with Crippen LogP contribution in [0.3, 0.4) is 0 Å². The highest BCUT2D eigenvalue weighted by atomic mass is 32.1. The minimum Gasteiger partial charge on any atom is -0.506 e. The molecule has 0 saturated carbocycles. The highest BCUT2D eigenvalue weighted by Gasteiger charge is 2.30. The van der Waals surface area contributed by atoms with E-state index in [9.17, 15) is 20.1 Å². The van der Waals surface area contributed by atoms with E-state index in [-0.39, 0.29) is 12.3 Å². The molecule has 1 aromatic heterocycles. The lowest BCUT2D eigenvalue weighted by Gasteiger charge is -2.31. The quantitative estimate of drug-likeness (QED) is 0.691. The maximum atomic E-state index is 11.3. The normalized spacial score (nSPS) is 18.6. The minimum atomic E-state index is -1.12. The fourth-order valence-electron chi connectivity index (χ4n) is 2.66. The molecule has 2 heterocycles. The summed E-state index contributed by atoms with van der Waals surface area (Å²) >= 11 is 1.43. The molecule has 0 fully saturated rings. The zero-order valence-electron chi connectivity index (χ0n) is 10.3. The average molecular weight is 279 g/mol. The molecule has 1 amide bonds. The lowest BCUT2D eigenvalue weighted by Crippen LogP contribution is -2.41. The zero-order chi connectivity index (χ0) is 13.7. The van der Waals surface area contributed by atoms with Crippen LogP contribution in [0.5, 0.6) is 5.75 Å². The van der Waals surface area contributed by atoms with Crippen molar-refractivity contribution in [3.8, 4) is 5.75 Å². The van der Waals surface area contributed by atoms with Gasteiger partial charge in [-0.2, -0.15) is 0 Å². The summed E-state index contributed by atoms with van der Waals surface area (Å²) in [6.07, 6.45) is -1.42. The molecule has 0 aliphatic carbocycles. The molecular weight excluding hydrogens is 266 g/mol. The summed E-state index contributed by atoms with van der Waals surface area (Å²) in [4.78, 5) is 12.4. The maximum Gasteiger partial charge on any atom is 0.411 e. The molecule has 19 heavy (non-hydrogen) atoms. The Kier molecular flexibility index (Phi) is 2.65. The highest BCUT2D eigenvalue weighted by Crippen LogP contribution is 2.43. The molecular formula is C13H13NO4S. The number of benzene rings is 1. The lowest BCUT2D eigenvalue weighted by atomic mass is 9.95. The van der Waals surface area contributed by atoms with Gasteiger partial charge in [0, 0.05) is 17.9 Å². The average Bonchev–Trinajstić information content (AvgIpc) is 2.73. The van der Waals surface area contributed by atoms with Crippen molar-refractivity contribution in [2.45, 2.75) is 19.4 Å². The van der Waals surface area contributed by atoms with E-state index in [1.807, 2.05) is 12.3 Å². The smallest absolute Gasteiger partial charge is 0.411 e. The van der Waals surface area contributed by atoms with E-state index in [4.69, 9.17) is 0 Å². The number of aryl methyl sites for hydroxylation is 1. The van der Waals surface area contributed by atoms with E-state index >= 15 is 0 Å². The van der Waals surface area contributed by atoms with Crippen molar-refractivity contribution in [3.63, 3.8) is 0 Å². The Hall–Kier alpha value is -1.79. The number of fused-ring (bicyclic) bond motifs is 3. The number of nitrogens with zero attached hydrogens (tertiary/aromatic N) is 1. The Morgan fingerprint density at radius 3 is 2.95 bits per heavy atom. The first-order valence-electron chi connectivity index (χ1n) is 5.90. The molecule has 3 rings (SSSR count). The van der Waals surface area contributed by atoms with Gasteiger partial charge >= 0.3 is 6.09 Å². The number of aromatic hydroxyl groups is 1. The number of thiophene rings is 1. The van der Waals surface area contributed by atoms with Gasteiger partial charge in [-0.25, -0.2) is 4.79 Å². The number of phenolic OH excluding ortho intramolecular Hbond substituents is 1. The number of amides is 1. The summed E-state index contributed by atoms with van der Waals surface area (Å²) in [5, 5.41) is 31.9. The Balaban J connectivity index is 2.34. The molecule has 100 valence electrons. The molecule has 1 aliphatic heterocycles. The van der Waals surface area contributed by atoms with Crippen molar-refractivity contribution >= 4 is 33.2 Å². The van der Waals surface area contributed by atoms with E-state index < -0.39 is 12.2 Å². The second-order valence-electron chi connectivity index (χ2n) is 4.77. The molecule has 1 aliphatic rings. The number of carboxylic acid groups (broad SMARTS) is 1. The number of phenols is 1. The summed E-state index contributed by atoms with van der Waals surface area (Å²) in [7, 11) is 0. The summed E-state index contributed by atoms with van der Waals surface area (Å²) in [6, 6.07) is 1.48. The van der Waals surface area contributed by atoms with Gasteiger partial charge in [0.25, 0.3) is 0 Å². The van der Waals surface area contributed by atoms with Crippen LogP contribution in [-0.4, -0.2) is 34.1 Å². The maximum absolute atomic E-state index is 11.3. The first-order valence-corrected chi connectivity index (χ1v) is 6.78. The van der Waals surface area contributed by atoms with Crippen LogP contribution in [0.2, 0.25) is 0 Å². The predicted octanol–water partition coefficient (Wildman–Crippen LogP) is 2.32. The number of aliphatic hydroxyl groups excluding tert-OH is 1. The van der Waals surface area contributed by atoms with Gasteiger partial charge in [-0.3, -0.25) is 4.90 Å². The van der Waals surface area contributed by atoms with Crippen LogP contribution < -0.4 is 4.90 Å². The molecule has 0 unspecified atom stereocenters. The number of carbonyl (C=O) groups is 1. The number of aliphatic hydroxyl groups is 1. The van der Waals surface area contributed by atoms with Crippen LogP contribution in [-0.2, 0) is 6.42 Å². The molecule has 2 aromatic rings. The van der Waals surface area contributed by atoms with E-state index in [1.54, 1.807) is 0 Å². The van der Waals surface area contributed by atoms with Crippen LogP contribution in [0, 0.1) is 6.92 Å². The molecule has 0 saturated heterocycles. The third-order valence-electron chi connectivity index (χ3n) is 3.45. The monoisotopic (exact) mass is 279 g/mol. The standard InChI is InChI=1S/C13H13NO4S/c1-6-5-19-12-10(16)3-9-8(11(6)12)2-7(15)4-14(9)13(17)18/h3,5,7,15-16H,2,4H2,1H3,(H,17,18)/t7-/m0/s1. The van der Waals surface area contributed by atoms with Crippen LogP contribution in [0.25, 0.3) is 10.1 Å². The fourth-order valence-corrected chi connectivity index (χ4v) is 3.65. The lowest BCUT2D eigenvalue weighted by molar-refractivity contribution is 0.163. The van der Waals surface area contributed by atoms with Gasteiger partial charge in [-0.1, -0.05) is 0 Å². The van der Waals surface area contributed by atoms with Crippen molar-refractivity contribution in [2.24, 2.45) is 0 Å². The summed E-state index contributed by atoms with van der Waals surface area (Å²) < 4.78 is 0.746. The minimum absolute atomic E-state index is 0.0382. The van der Waals surface area contributed by atoms with Crippen LogP contribution >= 0.6 is 11.3 Å². The number of hydrogen-bond donors (Lipinski definition) is 3. The number of anilines is 1. The number of rotatable bonds is 0. The number of hydrogen-bond acceptors (Lipinski definition) is 4. The topological polar surface area (TPSA) is 81.0 Å². The van der Waals surface area contributed by atoms with E-state index in [1.165, 1.54) is 17.4 Å².